The van der Waals surface area contributed by atoms with Crippen LogP contribution in [0.2, 0.25) is 0 Å². The van der Waals surface area contributed by atoms with E-state index in [1.54, 1.807) is 37.3 Å². The number of anilines is 1. The molecule has 2 N–H and O–H groups in total. The number of nitrogens with zero attached hydrogens (tertiary/aromatic N) is 1. The number of para-hydroxylation sites is 1. The smallest absolute Gasteiger partial charge is 0.239 e. The molecule has 2 amide bonds. The van der Waals surface area contributed by atoms with Crippen molar-refractivity contribution in [1.82, 2.24) is 0 Å². The summed E-state index contributed by atoms with van der Waals surface area (Å²) in [6.45, 7) is 1.79. The molecule has 2 aliphatic rings. The highest BCUT2D eigenvalue weighted by atomic mass is 16.6. The van der Waals surface area contributed by atoms with Crippen LogP contribution in [0, 0.1) is 11.8 Å². The molecule has 2 heterocycles. The van der Waals surface area contributed by atoms with Crippen LogP contribution in [0.25, 0.3) is 0 Å². The van der Waals surface area contributed by atoms with Gasteiger partial charge in [0.25, 0.3) is 0 Å². The van der Waals surface area contributed by atoms with Crippen molar-refractivity contribution in [3.63, 3.8) is 0 Å². The lowest BCUT2D eigenvalue weighted by Crippen LogP contribution is -2.51. The fourth-order valence-electron chi connectivity index (χ4n) is 3.32. The number of ether oxygens (including phenoxy) is 1. The van der Waals surface area contributed by atoms with E-state index in [1.807, 2.05) is 0 Å². The first kappa shape index (κ1) is 14.2. The molecule has 6 atom stereocenters. The molecule has 0 spiro atoms. The lowest BCUT2D eigenvalue weighted by molar-refractivity contribution is -0.130. The number of hydrogen-bond acceptors (Lipinski definition) is 5. The summed E-state index contributed by atoms with van der Waals surface area (Å²) in [5.74, 6) is -1.31. The van der Waals surface area contributed by atoms with Gasteiger partial charge in [-0.3, -0.25) is 14.5 Å². The first-order valence-electron chi connectivity index (χ1n) is 6.91. The van der Waals surface area contributed by atoms with E-state index in [2.05, 4.69) is 0 Å². The summed E-state index contributed by atoms with van der Waals surface area (Å²) in [6.07, 6.45) is -2.93. The number of carbonyl (C=O) groups excluding carboxylic acids is 2. The Morgan fingerprint density at radius 1 is 1.19 bits per heavy atom. The normalized spacial score (nSPS) is 37.5. The Kier molecular flexibility index (Phi) is 3.52. The van der Waals surface area contributed by atoms with Crippen LogP contribution in [-0.2, 0) is 14.3 Å². The second-order valence-corrected chi connectivity index (χ2v) is 5.58. The van der Waals surface area contributed by atoms with Gasteiger partial charge in [-0.1, -0.05) is 25.1 Å². The maximum Gasteiger partial charge on any atom is 0.239 e. The second kappa shape index (κ2) is 5.22. The Bertz CT molecular complexity index is 548. The van der Waals surface area contributed by atoms with E-state index in [0.29, 0.717) is 12.1 Å². The van der Waals surface area contributed by atoms with Gasteiger partial charge in [-0.15, -0.1) is 0 Å². The largest absolute Gasteiger partial charge is 0.388 e. The van der Waals surface area contributed by atoms with Gasteiger partial charge in [0.2, 0.25) is 12.3 Å². The molecule has 2 fully saturated rings. The van der Waals surface area contributed by atoms with Gasteiger partial charge in [0.15, 0.2) is 0 Å². The Morgan fingerprint density at radius 3 is 2.38 bits per heavy atom. The molecule has 0 radical (unpaired) electrons. The molecule has 3 rings (SSSR count). The van der Waals surface area contributed by atoms with E-state index in [1.165, 1.54) is 0 Å². The number of carbonyl (C=O) groups is 2. The van der Waals surface area contributed by atoms with Crippen molar-refractivity contribution in [3.8, 4) is 0 Å². The Morgan fingerprint density at radius 2 is 1.81 bits per heavy atom. The Balaban J connectivity index is 1.87. The van der Waals surface area contributed by atoms with Crippen LogP contribution in [0.15, 0.2) is 30.3 Å². The number of fused-ring (bicyclic) bond motifs is 2. The maximum atomic E-state index is 12.7. The van der Waals surface area contributed by atoms with Crippen molar-refractivity contribution in [1.29, 1.82) is 0 Å². The number of aliphatic hydroxyl groups is 2. The molecule has 6 unspecified atom stereocenters. The average Bonchev–Trinajstić information content (AvgIpc) is 2.97. The van der Waals surface area contributed by atoms with Gasteiger partial charge in [0.1, 0.15) is 12.2 Å². The summed E-state index contributed by atoms with van der Waals surface area (Å²) in [5, 5.41) is 19.7. The van der Waals surface area contributed by atoms with Gasteiger partial charge in [0, 0.05) is 0 Å². The van der Waals surface area contributed by atoms with E-state index in [9.17, 15) is 19.8 Å². The van der Waals surface area contributed by atoms with E-state index >= 15 is 0 Å². The number of benzene rings is 1. The first-order valence-corrected chi connectivity index (χ1v) is 6.91. The molecule has 2 saturated heterocycles. The van der Waals surface area contributed by atoms with Crippen LogP contribution in [0.5, 0.6) is 0 Å². The molecule has 0 aromatic heterocycles. The van der Waals surface area contributed by atoms with E-state index in [4.69, 9.17) is 4.74 Å². The summed E-state index contributed by atoms with van der Waals surface area (Å²) >= 11 is 0. The minimum absolute atomic E-state index is 0.257. The Hall–Kier alpha value is -1.76. The van der Waals surface area contributed by atoms with Gasteiger partial charge in [-0.05, 0) is 18.1 Å². The van der Waals surface area contributed by atoms with Gasteiger partial charge in [-0.25, -0.2) is 0 Å². The predicted octanol–water partition coefficient (Wildman–Crippen LogP) is -0.0689. The van der Waals surface area contributed by atoms with Gasteiger partial charge in [0.05, 0.1) is 23.8 Å². The van der Waals surface area contributed by atoms with E-state index < -0.39 is 36.2 Å². The third-order valence-electron chi connectivity index (χ3n) is 4.44. The van der Waals surface area contributed by atoms with Crippen LogP contribution < -0.4 is 4.90 Å². The fraction of sp³-hybridized carbons (Fsp3) is 0.467. The lowest BCUT2D eigenvalue weighted by Gasteiger charge is -2.32. The van der Waals surface area contributed by atoms with Crippen molar-refractivity contribution < 1.29 is 24.5 Å². The zero-order chi connectivity index (χ0) is 15.1. The number of rotatable bonds is 3. The third-order valence-corrected chi connectivity index (χ3v) is 4.44. The molecule has 0 saturated carbocycles. The van der Waals surface area contributed by atoms with Crippen molar-refractivity contribution in [2.45, 2.75) is 31.3 Å². The molecule has 21 heavy (non-hydrogen) atoms. The number of aliphatic hydroxyl groups excluding tert-OH is 2. The van der Waals surface area contributed by atoms with Crippen LogP contribution in [0.3, 0.4) is 0 Å². The molecular weight excluding hydrogens is 274 g/mol. The molecule has 6 nitrogen and oxygen atoms in total. The predicted molar refractivity (Wildman–Crippen MR) is 73.3 cm³/mol. The Labute approximate surface area is 121 Å². The number of hydrogen-bond donors (Lipinski definition) is 2. The standard InChI is InChI=1S/C15H17NO5/c1-8-10(14-12(19)11(18)13(8)21-14)15(20)16(7-17)9-5-3-2-4-6-9/h2-8,10-14,18-19H,1H3. The molecule has 6 heteroatoms. The molecule has 2 aliphatic heterocycles. The van der Waals surface area contributed by atoms with Crippen LogP contribution in [0.1, 0.15) is 6.92 Å². The fourth-order valence-corrected chi connectivity index (χ4v) is 3.32. The third kappa shape index (κ3) is 2.07. The van der Waals surface area contributed by atoms with Crippen molar-refractivity contribution >= 4 is 18.0 Å². The first-order chi connectivity index (χ1) is 10.1. The monoisotopic (exact) mass is 291 g/mol. The molecule has 112 valence electrons. The summed E-state index contributed by atoms with van der Waals surface area (Å²) < 4.78 is 5.51. The second-order valence-electron chi connectivity index (χ2n) is 5.58. The van der Waals surface area contributed by atoms with Crippen molar-refractivity contribution in [2.24, 2.45) is 11.8 Å². The molecule has 1 aromatic carbocycles. The molecular formula is C15H17NO5. The molecule has 0 aliphatic carbocycles. The van der Waals surface area contributed by atoms with Crippen LogP contribution >= 0.6 is 0 Å². The minimum atomic E-state index is -1.09. The number of imide groups is 1. The van der Waals surface area contributed by atoms with Crippen molar-refractivity contribution in [2.75, 3.05) is 4.90 Å². The van der Waals surface area contributed by atoms with Gasteiger partial charge < -0.3 is 14.9 Å². The average molecular weight is 291 g/mol. The highest BCUT2D eigenvalue weighted by molar-refractivity contribution is 6.08. The summed E-state index contributed by atoms with van der Waals surface area (Å²) in [5.41, 5.74) is 0.475. The highest BCUT2D eigenvalue weighted by Crippen LogP contribution is 2.44. The maximum absolute atomic E-state index is 12.7. The molecule has 1 aromatic rings. The van der Waals surface area contributed by atoms with Crippen LogP contribution in [0.4, 0.5) is 5.69 Å². The summed E-state index contributed by atoms with van der Waals surface area (Å²) in [4.78, 5) is 25.0. The van der Waals surface area contributed by atoms with E-state index in [-0.39, 0.29) is 5.92 Å². The topological polar surface area (TPSA) is 87.1 Å². The lowest BCUT2D eigenvalue weighted by atomic mass is 9.76. The number of amides is 2. The summed E-state index contributed by atoms with van der Waals surface area (Å²) in [7, 11) is 0. The van der Waals surface area contributed by atoms with Gasteiger partial charge >= 0.3 is 0 Å². The zero-order valence-electron chi connectivity index (χ0n) is 11.5. The quantitative estimate of drug-likeness (QED) is 0.761. The SMILES string of the molecule is CC1C2OC(C(O)C2O)C1C(=O)N(C=O)c1ccccc1. The zero-order valence-corrected chi connectivity index (χ0v) is 11.5. The minimum Gasteiger partial charge on any atom is -0.388 e. The summed E-state index contributed by atoms with van der Waals surface area (Å²) in [6, 6.07) is 8.59. The molecule has 2 bridgehead atoms. The van der Waals surface area contributed by atoms with Crippen LogP contribution in [-0.4, -0.2) is 46.9 Å². The van der Waals surface area contributed by atoms with Gasteiger partial charge in [-0.2, -0.15) is 0 Å². The van der Waals surface area contributed by atoms with Crippen molar-refractivity contribution in [3.05, 3.63) is 30.3 Å². The highest BCUT2D eigenvalue weighted by Gasteiger charge is 2.60. The van der Waals surface area contributed by atoms with E-state index in [0.717, 1.165) is 4.90 Å².